The van der Waals surface area contributed by atoms with Crippen LogP contribution in [0.3, 0.4) is 0 Å². The van der Waals surface area contributed by atoms with Crippen molar-refractivity contribution in [2.45, 2.75) is 129 Å². The minimum Gasteiger partial charge on any atom is -0.0654 e. The van der Waals surface area contributed by atoms with Gasteiger partial charge in [-0.25, -0.2) is 0 Å². The van der Waals surface area contributed by atoms with E-state index in [2.05, 4.69) is 38.1 Å². The molecule has 0 saturated heterocycles. The quantitative estimate of drug-likeness (QED) is 0.229. The van der Waals surface area contributed by atoms with Crippen LogP contribution in [-0.2, 0) is 12.8 Å². The van der Waals surface area contributed by atoms with Crippen molar-refractivity contribution in [1.29, 1.82) is 0 Å². The summed E-state index contributed by atoms with van der Waals surface area (Å²) in [4.78, 5) is 0. The predicted octanol–water partition coefficient (Wildman–Crippen LogP) is 9.05. The van der Waals surface area contributed by atoms with E-state index in [9.17, 15) is 0 Å². The summed E-state index contributed by atoms with van der Waals surface area (Å²) in [5.41, 5.74) is 3.09. The van der Waals surface area contributed by atoms with E-state index in [0.717, 1.165) is 0 Å². The minimum absolute atomic E-state index is 1.25. The van der Waals surface area contributed by atoms with Crippen LogP contribution in [0.1, 0.15) is 128 Å². The van der Waals surface area contributed by atoms with Crippen molar-refractivity contribution in [3.8, 4) is 0 Å². The Bertz CT molecular complexity index is 406. The van der Waals surface area contributed by atoms with E-state index in [0.29, 0.717) is 0 Å². The first-order valence-corrected chi connectivity index (χ1v) is 11.9. The second-order valence-corrected chi connectivity index (χ2v) is 8.27. The molecule has 0 atom stereocenters. The Balaban J connectivity index is 1.87. The van der Waals surface area contributed by atoms with E-state index in [1.807, 2.05) is 0 Å². The van der Waals surface area contributed by atoms with Gasteiger partial charge in [0.15, 0.2) is 0 Å². The van der Waals surface area contributed by atoms with Crippen molar-refractivity contribution >= 4 is 0 Å². The van der Waals surface area contributed by atoms with Crippen molar-refractivity contribution in [1.82, 2.24) is 0 Å². The third kappa shape index (κ3) is 13.4. The van der Waals surface area contributed by atoms with Gasteiger partial charge in [0, 0.05) is 0 Å². The first-order chi connectivity index (χ1) is 12.9. The summed E-state index contributed by atoms with van der Waals surface area (Å²) in [6.07, 6.45) is 25.4. The van der Waals surface area contributed by atoms with Gasteiger partial charge in [-0.05, 0) is 36.8 Å². The van der Waals surface area contributed by atoms with Gasteiger partial charge in [0.2, 0.25) is 0 Å². The third-order valence-electron chi connectivity index (χ3n) is 5.63. The molecule has 0 fully saturated rings. The number of unbranched alkanes of at least 4 members (excludes halogenated alkanes) is 14. The van der Waals surface area contributed by atoms with Gasteiger partial charge in [0.05, 0.1) is 0 Å². The van der Waals surface area contributed by atoms with E-state index in [1.54, 1.807) is 5.56 Å². The molecule has 0 saturated carbocycles. The highest BCUT2D eigenvalue weighted by molar-refractivity contribution is 5.23. The lowest BCUT2D eigenvalue weighted by atomic mass is 10.0. The molecule has 0 radical (unpaired) electrons. The van der Waals surface area contributed by atoms with Crippen molar-refractivity contribution in [2.75, 3.05) is 0 Å². The second kappa shape index (κ2) is 17.6. The SMILES string of the molecule is CCCCCCCCCCCCCCCCc1cccc(CCCC)c1. The summed E-state index contributed by atoms with van der Waals surface area (Å²) in [5.74, 6) is 0. The fourth-order valence-electron chi connectivity index (χ4n) is 3.85. The molecule has 0 bridgehead atoms. The Morgan fingerprint density at radius 2 is 0.846 bits per heavy atom. The number of hydrogen-bond acceptors (Lipinski definition) is 0. The zero-order valence-corrected chi connectivity index (χ0v) is 18.0. The van der Waals surface area contributed by atoms with Crippen LogP contribution >= 0.6 is 0 Å². The van der Waals surface area contributed by atoms with Gasteiger partial charge in [0.1, 0.15) is 0 Å². The molecule has 26 heavy (non-hydrogen) atoms. The number of benzene rings is 1. The van der Waals surface area contributed by atoms with Crippen molar-refractivity contribution in [2.24, 2.45) is 0 Å². The Labute approximate surface area is 165 Å². The van der Waals surface area contributed by atoms with Crippen LogP contribution in [0.4, 0.5) is 0 Å². The zero-order valence-electron chi connectivity index (χ0n) is 18.0. The lowest BCUT2D eigenvalue weighted by Crippen LogP contribution is -1.90. The molecule has 1 aromatic rings. The van der Waals surface area contributed by atoms with Crippen LogP contribution < -0.4 is 0 Å². The fourth-order valence-corrected chi connectivity index (χ4v) is 3.85. The molecule has 0 aliphatic carbocycles. The summed E-state index contributed by atoms with van der Waals surface area (Å²) >= 11 is 0. The fraction of sp³-hybridized carbons (Fsp3) is 0.769. The van der Waals surface area contributed by atoms with E-state index >= 15 is 0 Å². The highest BCUT2D eigenvalue weighted by Gasteiger charge is 1.98. The lowest BCUT2D eigenvalue weighted by Gasteiger charge is -2.06. The number of hydrogen-bond donors (Lipinski definition) is 0. The largest absolute Gasteiger partial charge is 0.0654 e. The predicted molar refractivity (Wildman–Crippen MR) is 119 cm³/mol. The summed E-state index contributed by atoms with van der Waals surface area (Å²) in [6, 6.07) is 9.31. The van der Waals surface area contributed by atoms with E-state index in [4.69, 9.17) is 0 Å². The summed E-state index contributed by atoms with van der Waals surface area (Å²) in [6.45, 7) is 4.57. The maximum absolute atomic E-state index is 2.44. The maximum Gasteiger partial charge on any atom is -0.0279 e. The molecule has 0 heteroatoms. The van der Waals surface area contributed by atoms with Crippen LogP contribution in [0, 0.1) is 0 Å². The smallest absolute Gasteiger partial charge is 0.0279 e. The standard InChI is InChI=1S/C26H46/c1-3-5-7-8-9-10-11-12-13-14-15-16-17-18-21-26-23-19-22-25(24-26)20-6-4-2/h19,22-24H,3-18,20-21H2,1-2H3. The highest BCUT2D eigenvalue weighted by atomic mass is 14.0. The first kappa shape index (κ1) is 23.3. The van der Waals surface area contributed by atoms with Gasteiger partial charge in [-0.1, -0.05) is 128 Å². The van der Waals surface area contributed by atoms with Crippen LogP contribution in [0.2, 0.25) is 0 Å². The molecule has 0 aromatic heterocycles. The van der Waals surface area contributed by atoms with Crippen LogP contribution in [0.5, 0.6) is 0 Å². The van der Waals surface area contributed by atoms with Gasteiger partial charge < -0.3 is 0 Å². The Morgan fingerprint density at radius 1 is 0.462 bits per heavy atom. The molecule has 0 N–H and O–H groups in total. The van der Waals surface area contributed by atoms with Gasteiger partial charge in [0.25, 0.3) is 0 Å². The summed E-state index contributed by atoms with van der Waals surface area (Å²) in [7, 11) is 0. The second-order valence-electron chi connectivity index (χ2n) is 8.27. The average Bonchev–Trinajstić information content (AvgIpc) is 2.67. The number of rotatable bonds is 18. The van der Waals surface area contributed by atoms with Crippen molar-refractivity contribution in [3.63, 3.8) is 0 Å². The maximum atomic E-state index is 2.44. The van der Waals surface area contributed by atoms with E-state index in [-0.39, 0.29) is 0 Å². The molecule has 0 spiro atoms. The molecular weight excluding hydrogens is 312 g/mol. The lowest BCUT2D eigenvalue weighted by molar-refractivity contribution is 0.535. The molecule has 0 aliphatic heterocycles. The van der Waals surface area contributed by atoms with Crippen LogP contribution in [0.15, 0.2) is 24.3 Å². The summed E-state index contributed by atoms with van der Waals surface area (Å²) in [5, 5.41) is 0. The Kier molecular flexibility index (Phi) is 15.8. The highest BCUT2D eigenvalue weighted by Crippen LogP contribution is 2.15. The third-order valence-corrected chi connectivity index (χ3v) is 5.63. The normalized spacial score (nSPS) is 11.2. The van der Waals surface area contributed by atoms with Crippen molar-refractivity contribution in [3.05, 3.63) is 35.4 Å². The average molecular weight is 359 g/mol. The van der Waals surface area contributed by atoms with Gasteiger partial charge in [-0.2, -0.15) is 0 Å². The van der Waals surface area contributed by atoms with E-state index < -0.39 is 0 Å². The topological polar surface area (TPSA) is 0 Å². The Morgan fingerprint density at radius 3 is 1.31 bits per heavy atom. The molecule has 1 rings (SSSR count). The van der Waals surface area contributed by atoms with Gasteiger partial charge >= 0.3 is 0 Å². The minimum atomic E-state index is 1.25. The number of aryl methyl sites for hydroxylation is 2. The molecule has 0 heterocycles. The van der Waals surface area contributed by atoms with Gasteiger partial charge in [-0.15, -0.1) is 0 Å². The summed E-state index contributed by atoms with van der Waals surface area (Å²) < 4.78 is 0. The molecule has 150 valence electrons. The zero-order chi connectivity index (χ0) is 18.7. The molecule has 0 unspecified atom stereocenters. The van der Waals surface area contributed by atoms with Gasteiger partial charge in [-0.3, -0.25) is 0 Å². The molecular formula is C26H46. The van der Waals surface area contributed by atoms with Crippen LogP contribution in [-0.4, -0.2) is 0 Å². The molecule has 0 nitrogen and oxygen atoms in total. The molecule has 0 amide bonds. The monoisotopic (exact) mass is 358 g/mol. The van der Waals surface area contributed by atoms with E-state index in [1.165, 1.54) is 121 Å². The first-order valence-electron chi connectivity index (χ1n) is 11.9. The van der Waals surface area contributed by atoms with Crippen LogP contribution in [0.25, 0.3) is 0 Å². The Hall–Kier alpha value is -0.780. The molecule has 0 aliphatic rings. The van der Waals surface area contributed by atoms with Crippen molar-refractivity contribution < 1.29 is 0 Å². The molecule has 1 aromatic carbocycles.